The number of aromatic nitrogens is 1. The summed E-state index contributed by atoms with van der Waals surface area (Å²) in [7, 11) is -1.69. The fourth-order valence-electron chi connectivity index (χ4n) is 3.87. The quantitative estimate of drug-likeness (QED) is 0.689. The molecule has 1 aliphatic rings. The third kappa shape index (κ3) is 3.59. The summed E-state index contributed by atoms with van der Waals surface area (Å²) < 4.78 is 30.6. The van der Waals surface area contributed by atoms with Crippen molar-refractivity contribution in [1.82, 2.24) is 9.88 Å². The molecule has 27 heavy (non-hydrogen) atoms. The fraction of sp³-hybridized carbons (Fsp3) is 0.333. The van der Waals surface area contributed by atoms with Gasteiger partial charge in [-0.15, -0.1) is 0 Å². The van der Waals surface area contributed by atoms with Gasteiger partial charge in [0.15, 0.2) is 0 Å². The van der Waals surface area contributed by atoms with Crippen molar-refractivity contribution in [1.29, 1.82) is 0 Å². The van der Waals surface area contributed by atoms with E-state index in [2.05, 4.69) is 23.1 Å². The van der Waals surface area contributed by atoms with Gasteiger partial charge in [-0.2, -0.15) is 8.42 Å². The van der Waals surface area contributed by atoms with Gasteiger partial charge in [0, 0.05) is 17.1 Å². The van der Waals surface area contributed by atoms with Crippen LogP contribution in [-0.4, -0.2) is 38.4 Å². The summed E-state index contributed by atoms with van der Waals surface area (Å²) in [6.07, 6.45) is 4.29. The van der Waals surface area contributed by atoms with E-state index in [0.29, 0.717) is 11.7 Å². The maximum absolute atomic E-state index is 12.6. The third-order valence-corrected chi connectivity index (χ3v) is 6.65. The van der Waals surface area contributed by atoms with E-state index in [9.17, 15) is 8.42 Å². The van der Waals surface area contributed by atoms with Crippen LogP contribution in [0.15, 0.2) is 53.6 Å². The first-order valence-electron chi connectivity index (χ1n) is 9.24. The number of hydrogen-bond donors (Lipinski definition) is 1. The van der Waals surface area contributed by atoms with Gasteiger partial charge >= 0.3 is 10.1 Å². The molecule has 0 unspecified atom stereocenters. The second-order valence-electron chi connectivity index (χ2n) is 7.33. The first-order valence-corrected chi connectivity index (χ1v) is 10.6. The monoisotopic (exact) mass is 384 g/mol. The molecule has 1 aliphatic heterocycles. The number of nitrogens with one attached hydrogen (secondary N) is 1. The van der Waals surface area contributed by atoms with Crippen molar-refractivity contribution in [3.05, 3.63) is 59.8 Å². The number of aryl methyl sites for hydroxylation is 1. The number of aromatic amines is 1. The molecule has 5 nitrogen and oxygen atoms in total. The van der Waals surface area contributed by atoms with Crippen LogP contribution in [0.3, 0.4) is 0 Å². The van der Waals surface area contributed by atoms with Crippen LogP contribution >= 0.6 is 0 Å². The van der Waals surface area contributed by atoms with Crippen LogP contribution in [0.25, 0.3) is 10.9 Å². The molecule has 142 valence electrons. The van der Waals surface area contributed by atoms with E-state index in [4.69, 9.17) is 4.18 Å². The molecule has 1 N–H and O–H groups in total. The highest BCUT2D eigenvalue weighted by atomic mass is 32.2. The van der Waals surface area contributed by atoms with Gasteiger partial charge in [0.2, 0.25) is 0 Å². The van der Waals surface area contributed by atoms with E-state index in [1.54, 1.807) is 36.4 Å². The summed E-state index contributed by atoms with van der Waals surface area (Å²) in [4.78, 5) is 5.87. The maximum atomic E-state index is 12.6. The minimum absolute atomic E-state index is 0.160. The van der Waals surface area contributed by atoms with Crippen LogP contribution in [0.4, 0.5) is 0 Å². The van der Waals surface area contributed by atoms with Gasteiger partial charge in [0.1, 0.15) is 10.6 Å². The standard InChI is InChI=1S/C21H24N2O3S/c1-15-12-17(26-27(24,25)18-6-4-3-5-7-18)13-19-20(14-22-21(15)19)16-8-10-23(2)11-9-16/h3-7,12-14,16,22H,8-11H2,1-2H3. The zero-order valence-corrected chi connectivity index (χ0v) is 16.4. The van der Waals surface area contributed by atoms with Crippen LogP contribution in [-0.2, 0) is 10.1 Å². The molecular weight excluding hydrogens is 360 g/mol. The summed E-state index contributed by atoms with van der Waals surface area (Å²) in [6.45, 7) is 4.13. The van der Waals surface area contributed by atoms with Crippen molar-refractivity contribution >= 4 is 21.0 Å². The Morgan fingerprint density at radius 2 is 1.81 bits per heavy atom. The molecule has 0 bridgehead atoms. The molecule has 6 heteroatoms. The topological polar surface area (TPSA) is 62.4 Å². The Bertz CT molecular complexity index is 1050. The number of benzene rings is 2. The Labute approximate surface area is 160 Å². The molecule has 4 rings (SSSR count). The zero-order chi connectivity index (χ0) is 19.0. The van der Waals surface area contributed by atoms with Crippen LogP contribution in [0.2, 0.25) is 0 Å². The minimum atomic E-state index is -3.84. The Morgan fingerprint density at radius 1 is 1.11 bits per heavy atom. The lowest BCUT2D eigenvalue weighted by molar-refractivity contribution is 0.256. The van der Waals surface area contributed by atoms with Gasteiger partial charge in [-0.3, -0.25) is 0 Å². The van der Waals surface area contributed by atoms with Crippen LogP contribution < -0.4 is 4.18 Å². The first-order chi connectivity index (χ1) is 12.9. The SMILES string of the molecule is Cc1cc(OS(=O)(=O)c2ccccc2)cc2c(C3CCN(C)CC3)c[nH]c12. The number of H-pyrrole nitrogens is 1. The van der Waals surface area contributed by atoms with Crippen LogP contribution in [0.5, 0.6) is 5.75 Å². The number of hydrogen-bond acceptors (Lipinski definition) is 4. The molecule has 2 heterocycles. The molecule has 1 aromatic heterocycles. The average Bonchev–Trinajstić information content (AvgIpc) is 3.07. The molecule has 0 radical (unpaired) electrons. The van der Waals surface area contributed by atoms with Crippen LogP contribution in [0.1, 0.15) is 29.9 Å². The Balaban J connectivity index is 1.69. The minimum Gasteiger partial charge on any atom is -0.379 e. The van der Waals surface area contributed by atoms with Crippen molar-refractivity contribution in [2.24, 2.45) is 0 Å². The van der Waals surface area contributed by atoms with Gasteiger partial charge in [0.05, 0.1) is 0 Å². The summed E-state index contributed by atoms with van der Waals surface area (Å²) in [5.41, 5.74) is 3.28. The molecule has 0 amide bonds. The average molecular weight is 385 g/mol. The number of piperidine rings is 1. The molecule has 3 aromatic rings. The van der Waals surface area contributed by atoms with Crippen molar-refractivity contribution in [2.45, 2.75) is 30.6 Å². The Hall–Kier alpha value is -2.31. The van der Waals surface area contributed by atoms with E-state index < -0.39 is 10.1 Å². The summed E-state index contributed by atoms with van der Waals surface area (Å²) in [5, 5.41) is 1.06. The summed E-state index contributed by atoms with van der Waals surface area (Å²) in [6, 6.07) is 11.9. The molecule has 0 spiro atoms. The van der Waals surface area contributed by atoms with Crippen molar-refractivity contribution in [3.63, 3.8) is 0 Å². The molecular formula is C21H24N2O3S. The molecule has 1 fully saturated rings. The van der Waals surface area contributed by atoms with Crippen molar-refractivity contribution < 1.29 is 12.6 Å². The van der Waals surface area contributed by atoms with Gasteiger partial charge in [-0.1, -0.05) is 18.2 Å². The summed E-state index contributed by atoms with van der Waals surface area (Å²) in [5.74, 6) is 0.841. The molecule has 1 saturated heterocycles. The molecule has 0 saturated carbocycles. The van der Waals surface area contributed by atoms with Crippen molar-refractivity contribution in [2.75, 3.05) is 20.1 Å². The lowest BCUT2D eigenvalue weighted by Gasteiger charge is -2.28. The largest absolute Gasteiger partial charge is 0.379 e. The van der Waals surface area contributed by atoms with Crippen molar-refractivity contribution in [3.8, 4) is 5.75 Å². The highest BCUT2D eigenvalue weighted by Gasteiger charge is 2.23. The first kappa shape index (κ1) is 18.1. The zero-order valence-electron chi connectivity index (χ0n) is 15.6. The molecule has 0 aliphatic carbocycles. The van der Waals surface area contributed by atoms with Gasteiger partial charge in [-0.25, -0.2) is 0 Å². The lowest BCUT2D eigenvalue weighted by atomic mass is 9.89. The molecule has 2 aromatic carbocycles. The van der Waals surface area contributed by atoms with E-state index in [1.807, 2.05) is 13.0 Å². The van der Waals surface area contributed by atoms with Crippen LogP contribution in [0, 0.1) is 6.92 Å². The Kier molecular flexibility index (Phi) is 4.70. The second kappa shape index (κ2) is 7.02. The smallest absolute Gasteiger partial charge is 0.339 e. The van der Waals surface area contributed by atoms with E-state index >= 15 is 0 Å². The highest BCUT2D eigenvalue weighted by molar-refractivity contribution is 7.87. The van der Waals surface area contributed by atoms with E-state index in [0.717, 1.165) is 42.4 Å². The maximum Gasteiger partial charge on any atom is 0.339 e. The van der Waals surface area contributed by atoms with Gasteiger partial charge in [0.25, 0.3) is 0 Å². The number of fused-ring (bicyclic) bond motifs is 1. The normalized spacial score (nSPS) is 16.7. The Morgan fingerprint density at radius 3 is 2.52 bits per heavy atom. The van der Waals surface area contributed by atoms with E-state index in [1.165, 1.54) is 5.56 Å². The highest BCUT2D eigenvalue weighted by Crippen LogP contribution is 2.36. The third-order valence-electron chi connectivity index (χ3n) is 5.39. The number of rotatable bonds is 4. The predicted molar refractivity (Wildman–Crippen MR) is 107 cm³/mol. The van der Waals surface area contributed by atoms with Gasteiger partial charge < -0.3 is 14.1 Å². The predicted octanol–water partition coefficient (Wildman–Crippen LogP) is 4.05. The lowest BCUT2D eigenvalue weighted by Crippen LogP contribution is -2.29. The molecule has 0 atom stereocenters. The number of likely N-dealkylation sites (tertiary alicyclic amines) is 1. The van der Waals surface area contributed by atoms with E-state index in [-0.39, 0.29) is 4.90 Å². The summed E-state index contributed by atoms with van der Waals surface area (Å²) >= 11 is 0. The fourth-order valence-corrected chi connectivity index (χ4v) is 4.80. The van der Waals surface area contributed by atoms with Gasteiger partial charge in [-0.05, 0) is 81.2 Å². The second-order valence-corrected chi connectivity index (χ2v) is 8.88. The number of nitrogens with zero attached hydrogens (tertiary/aromatic N) is 1.